The molecule has 5 nitrogen and oxygen atoms in total. The SMILES string of the molecule is Cc1c(Cl)cccc1S(=O)(=O)N1C[C@@H]2CC[C@H](C1)N(C)C2=O. The molecule has 7 heteroatoms. The predicted octanol–water partition coefficient (Wildman–Crippen LogP) is 1.89. The Morgan fingerprint density at radius 1 is 1.23 bits per heavy atom. The summed E-state index contributed by atoms with van der Waals surface area (Å²) < 4.78 is 27.4. The Morgan fingerprint density at radius 3 is 2.68 bits per heavy atom. The number of likely N-dealkylation sites (N-methyl/N-ethyl adjacent to an activating group) is 1. The molecule has 0 N–H and O–H groups in total. The maximum atomic E-state index is 13.0. The van der Waals surface area contributed by atoms with Crippen molar-refractivity contribution in [2.45, 2.75) is 30.7 Å². The number of nitrogens with zero attached hydrogens (tertiary/aromatic N) is 2. The minimum atomic E-state index is -3.64. The van der Waals surface area contributed by atoms with Gasteiger partial charge in [-0.05, 0) is 37.5 Å². The molecule has 0 radical (unpaired) electrons. The van der Waals surface area contributed by atoms with Crippen LogP contribution in [0.25, 0.3) is 0 Å². The summed E-state index contributed by atoms with van der Waals surface area (Å²) in [6.07, 6.45) is 1.61. The zero-order valence-electron chi connectivity index (χ0n) is 12.6. The third kappa shape index (κ3) is 2.43. The molecule has 0 aliphatic carbocycles. The molecular weight excluding hydrogens is 324 g/mol. The molecule has 3 aliphatic heterocycles. The highest BCUT2D eigenvalue weighted by Gasteiger charge is 2.42. The van der Waals surface area contributed by atoms with Gasteiger partial charge in [0, 0.05) is 31.2 Å². The van der Waals surface area contributed by atoms with Gasteiger partial charge in [0.25, 0.3) is 0 Å². The zero-order valence-corrected chi connectivity index (χ0v) is 14.2. The minimum Gasteiger partial charge on any atom is -0.341 e. The van der Waals surface area contributed by atoms with Crippen LogP contribution in [0.5, 0.6) is 0 Å². The second kappa shape index (κ2) is 5.51. The van der Waals surface area contributed by atoms with Crippen molar-refractivity contribution in [1.29, 1.82) is 0 Å². The summed E-state index contributed by atoms with van der Waals surface area (Å²) in [6, 6.07) is 4.86. The Balaban J connectivity index is 2.00. The second-order valence-corrected chi connectivity index (χ2v) is 8.38. The molecule has 2 bridgehead atoms. The average Bonchev–Trinajstić information content (AvgIpc) is 2.76. The van der Waals surface area contributed by atoms with Gasteiger partial charge >= 0.3 is 0 Å². The fraction of sp³-hybridized carbons (Fsp3) is 0.533. The molecular formula is C15H19ClN2O3S. The molecule has 1 amide bonds. The van der Waals surface area contributed by atoms with E-state index in [1.54, 1.807) is 37.1 Å². The van der Waals surface area contributed by atoms with Gasteiger partial charge in [0.1, 0.15) is 0 Å². The average molecular weight is 343 g/mol. The van der Waals surface area contributed by atoms with Crippen molar-refractivity contribution in [3.63, 3.8) is 0 Å². The predicted molar refractivity (Wildman–Crippen MR) is 84.2 cm³/mol. The van der Waals surface area contributed by atoms with Crippen LogP contribution in [0, 0.1) is 12.8 Å². The zero-order chi connectivity index (χ0) is 16.1. The Morgan fingerprint density at radius 2 is 1.95 bits per heavy atom. The quantitative estimate of drug-likeness (QED) is 0.824. The van der Waals surface area contributed by atoms with Gasteiger partial charge in [-0.2, -0.15) is 4.31 Å². The van der Waals surface area contributed by atoms with Crippen molar-refractivity contribution in [2.24, 2.45) is 5.92 Å². The molecule has 3 heterocycles. The molecule has 3 saturated heterocycles. The number of benzene rings is 1. The number of rotatable bonds is 2. The summed E-state index contributed by atoms with van der Waals surface area (Å²) in [7, 11) is -1.88. The number of carbonyl (C=O) groups is 1. The summed E-state index contributed by atoms with van der Waals surface area (Å²) in [5, 5.41) is 0.437. The molecule has 3 fully saturated rings. The van der Waals surface area contributed by atoms with Gasteiger partial charge in [-0.25, -0.2) is 8.42 Å². The van der Waals surface area contributed by atoms with Crippen molar-refractivity contribution < 1.29 is 13.2 Å². The molecule has 120 valence electrons. The summed E-state index contributed by atoms with van der Waals surface area (Å²) in [5.41, 5.74) is 0.556. The summed E-state index contributed by atoms with van der Waals surface area (Å²) in [4.78, 5) is 14.2. The number of hydrogen-bond donors (Lipinski definition) is 0. The highest BCUT2D eigenvalue weighted by Crippen LogP contribution is 2.32. The molecule has 1 aromatic carbocycles. The minimum absolute atomic E-state index is 0.0412. The molecule has 0 aromatic heterocycles. The molecule has 3 aliphatic rings. The van der Waals surface area contributed by atoms with E-state index in [1.165, 1.54) is 4.31 Å². The van der Waals surface area contributed by atoms with Crippen LogP contribution in [-0.4, -0.2) is 49.7 Å². The van der Waals surface area contributed by atoms with Gasteiger partial charge in [-0.15, -0.1) is 0 Å². The maximum Gasteiger partial charge on any atom is 0.243 e. The number of carbonyl (C=O) groups excluding carboxylic acids is 1. The number of fused-ring (bicyclic) bond motifs is 4. The van der Waals surface area contributed by atoms with E-state index in [0.29, 0.717) is 17.1 Å². The lowest BCUT2D eigenvalue weighted by Gasteiger charge is -2.32. The van der Waals surface area contributed by atoms with Gasteiger partial charge in [0.05, 0.1) is 10.8 Å². The van der Waals surface area contributed by atoms with Crippen LogP contribution in [0.4, 0.5) is 0 Å². The van der Waals surface area contributed by atoms with E-state index in [1.807, 2.05) is 0 Å². The Hall–Kier alpha value is -1.11. The van der Waals surface area contributed by atoms with Gasteiger partial charge in [-0.3, -0.25) is 4.79 Å². The van der Waals surface area contributed by atoms with E-state index in [4.69, 9.17) is 11.6 Å². The Kier molecular flexibility index (Phi) is 3.95. The lowest BCUT2D eigenvalue weighted by atomic mass is 9.95. The highest BCUT2D eigenvalue weighted by molar-refractivity contribution is 7.89. The smallest absolute Gasteiger partial charge is 0.243 e. The maximum absolute atomic E-state index is 13.0. The third-order valence-electron chi connectivity index (χ3n) is 4.77. The number of sulfonamides is 1. The fourth-order valence-electron chi connectivity index (χ4n) is 3.32. The first kappa shape index (κ1) is 15.8. The molecule has 4 rings (SSSR count). The van der Waals surface area contributed by atoms with Gasteiger partial charge in [0.15, 0.2) is 0 Å². The van der Waals surface area contributed by atoms with Crippen LogP contribution >= 0.6 is 11.6 Å². The first-order valence-corrected chi connectivity index (χ1v) is 9.16. The first-order chi connectivity index (χ1) is 10.3. The van der Waals surface area contributed by atoms with Gasteiger partial charge < -0.3 is 4.90 Å². The number of piperidine rings is 1. The summed E-state index contributed by atoms with van der Waals surface area (Å²) in [5.74, 6) is -0.185. The fourth-order valence-corrected chi connectivity index (χ4v) is 5.32. The third-order valence-corrected chi connectivity index (χ3v) is 7.15. The molecule has 2 atom stereocenters. The highest BCUT2D eigenvalue weighted by atomic mass is 35.5. The molecule has 0 saturated carbocycles. The van der Waals surface area contributed by atoms with E-state index < -0.39 is 10.0 Å². The first-order valence-electron chi connectivity index (χ1n) is 7.34. The van der Waals surface area contributed by atoms with Crippen molar-refractivity contribution >= 4 is 27.5 Å². The van der Waals surface area contributed by atoms with Crippen molar-refractivity contribution in [1.82, 2.24) is 9.21 Å². The second-order valence-electron chi connectivity index (χ2n) is 6.06. The van der Waals surface area contributed by atoms with E-state index in [2.05, 4.69) is 0 Å². The van der Waals surface area contributed by atoms with Crippen LogP contribution in [0.15, 0.2) is 23.1 Å². The largest absolute Gasteiger partial charge is 0.341 e. The van der Waals surface area contributed by atoms with E-state index in [9.17, 15) is 13.2 Å². The van der Waals surface area contributed by atoms with E-state index in [-0.39, 0.29) is 29.3 Å². The van der Waals surface area contributed by atoms with Crippen LogP contribution < -0.4 is 0 Å². The molecule has 0 spiro atoms. The van der Waals surface area contributed by atoms with Gasteiger partial charge in [-0.1, -0.05) is 17.7 Å². The van der Waals surface area contributed by atoms with E-state index in [0.717, 1.165) is 12.8 Å². The summed E-state index contributed by atoms with van der Waals surface area (Å²) >= 11 is 6.06. The number of hydrogen-bond acceptors (Lipinski definition) is 3. The number of amides is 1. The monoisotopic (exact) mass is 342 g/mol. The molecule has 22 heavy (non-hydrogen) atoms. The topological polar surface area (TPSA) is 57.7 Å². The van der Waals surface area contributed by atoms with Crippen LogP contribution in [0.3, 0.4) is 0 Å². The van der Waals surface area contributed by atoms with Crippen molar-refractivity contribution in [3.8, 4) is 0 Å². The Bertz CT molecular complexity index is 719. The normalized spacial score (nSPS) is 26.3. The molecule has 0 unspecified atom stereocenters. The van der Waals surface area contributed by atoms with Crippen molar-refractivity contribution in [2.75, 3.05) is 20.1 Å². The Labute approximate surface area is 135 Å². The molecule has 1 aromatic rings. The van der Waals surface area contributed by atoms with Crippen LogP contribution in [-0.2, 0) is 14.8 Å². The van der Waals surface area contributed by atoms with Crippen LogP contribution in [0.1, 0.15) is 18.4 Å². The lowest BCUT2D eigenvalue weighted by molar-refractivity contribution is -0.138. The van der Waals surface area contributed by atoms with Crippen molar-refractivity contribution in [3.05, 3.63) is 28.8 Å². The summed E-state index contributed by atoms with van der Waals surface area (Å²) in [6.45, 7) is 2.32. The van der Waals surface area contributed by atoms with Crippen LogP contribution in [0.2, 0.25) is 5.02 Å². The lowest BCUT2D eigenvalue weighted by Crippen LogP contribution is -2.45. The van der Waals surface area contributed by atoms with E-state index >= 15 is 0 Å². The number of halogens is 1. The standard InChI is InChI=1S/C15H19ClN2O3S/c1-10-13(16)4-3-5-14(10)22(20,21)18-8-11-6-7-12(9-18)17(2)15(11)19/h3-5,11-12H,6-9H2,1-2H3/t11-,12+/m0/s1. The van der Waals surface area contributed by atoms with Gasteiger partial charge in [0.2, 0.25) is 15.9 Å².